The Morgan fingerprint density at radius 1 is 0.419 bits per heavy atom. The minimum atomic E-state index is 0.623. The van der Waals surface area contributed by atoms with Crippen molar-refractivity contribution in [2.24, 2.45) is 0 Å². The van der Waals surface area contributed by atoms with E-state index >= 15 is 0 Å². The number of aromatic nitrogens is 4. The number of rotatable bonds is 4. The van der Waals surface area contributed by atoms with E-state index in [9.17, 15) is 0 Å². The lowest BCUT2D eigenvalue weighted by Gasteiger charge is -2.11. The molecule has 0 atom stereocenters. The summed E-state index contributed by atoms with van der Waals surface area (Å²) in [5.74, 6) is 0.623. The van der Waals surface area contributed by atoms with Gasteiger partial charge in [-0.2, -0.15) is 0 Å². The third-order valence-electron chi connectivity index (χ3n) is 12.7. The molecule has 0 fully saturated rings. The predicted molar refractivity (Wildman–Crippen MR) is 259 cm³/mol. The Kier molecular flexibility index (Phi) is 6.92. The first-order chi connectivity index (χ1) is 30.8. The highest BCUT2D eigenvalue weighted by Gasteiger charge is 2.24. The van der Waals surface area contributed by atoms with Crippen LogP contribution >= 0.6 is 11.3 Å². The van der Waals surface area contributed by atoms with Crippen LogP contribution in [0, 0.1) is 0 Å². The molecule has 5 heterocycles. The summed E-state index contributed by atoms with van der Waals surface area (Å²) in [5, 5.41) is 10.3. The van der Waals surface area contributed by atoms with Crippen LogP contribution in [0.25, 0.3) is 131 Å². The molecular weight excluding hydrogens is 777 g/mol. The molecule has 0 N–H and O–H groups in total. The van der Waals surface area contributed by atoms with E-state index in [1.54, 1.807) is 11.3 Å². The lowest BCUT2D eigenvalue weighted by atomic mass is 9.95. The van der Waals surface area contributed by atoms with Crippen LogP contribution in [-0.2, 0) is 0 Å². The van der Waals surface area contributed by atoms with Crippen molar-refractivity contribution in [1.82, 2.24) is 19.1 Å². The molecule has 5 aromatic heterocycles. The van der Waals surface area contributed by atoms with Crippen LogP contribution in [0.1, 0.15) is 0 Å². The summed E-state index contributed by atoms with van der Waals surface area (Å²) in [5.41, 5.74) is 12.4. The number of hydrogen-bond acceptors (Lipinski definition) is 4. The van der Waals surface area contributed by atoms with Crippen molar-refractivity contribution in [3.05, 3.63) is 194 Å². The summed E-state index contributed by atoms with van der Waals surface area (Å²) in [4.78, 5) is 11.1. The zero-order valence-electron chi connectivity index (χ0n) is 33.1. The number of fused-ring (bicyclic) bond motifs is 15. The molecular formula is C56H32N4OS. The first kappa shape index (κ1) is 33.7. The zero-order chi connectivity index (χ0) is 40.5. The molecule has 14 rings (SSSR count). The number of furan rings is 1. The number of nitrogens with zero attached hydrogens (tertiary/aromatic N) is 4. The molecule has 0 radical (unpaired) electrons. The van der Waals surface area contributed by atoms with Gasteiger partial charge in [0.05, 0.1) is 43.4 Å². The average molecular weight is 809 g/mol. The molecule has 0 saturated carbocycles. The van der Waals surface area contributed by atoms with Crippen LogP contribution in [0.2, 0.25) is 0 Å². The smallest absolute Gasteiger partial charge is 0.235 e. The Labute approximate surface area is 358 Å². The van der Waals surface area contributed by atoms with Crippen molar-refractivity contribution in [1.29, 1.82) is 0 Å². The van der Waals surface area contributed by atoms with E-state index < -0.39 is 0 Å². The van der Waals surface area contributed by atoms with Gasteiger partial charge < -0.3 is 8.98 Å². The summed E-state index contributed by atoms with van der Waals surface area (Å²) in [6.07, 6.45) is 0. The molecule has 6 heteroatoms. The SMILES string of the molecule is c1ccc(-c2cc3oc4c(ccc5c4c4ccccc4n5-c4nc(-c5ccc6c7ccccc7n(-c7ccccc7)c6c5)c5sc6ccccc6c5n4)c3c3ccccc23)cc1. The lowest BCUT2D eigenvalue weighted by molar-refractivity contribution is 0.673. The quantitative estimate of drug-likeness (QED) is 0.178. The van der Waals surface area contributed by atoms with Crippen LogP contribution in [0.5, 0.6) is 0 Å². The Balaban J connectivity index is 1.06. The highest BCUT2D eigenvalue weighted by Crippen LogP contribution is 2.46. The molecule has 0 unspecified atom stereocenters. The standard InChI is InChI=1S/C56H32N4OS/c1-3-15-33(16-4-1)43-32-48-50(39-21-8-7-19-36(39)43)42-29-30-46-51(54(42)61-48)40-22-10-13-25-45(40)60(46)56-57-52(55-53(58-56)41-23-11-14-26-49(41)62-55)34-27-28-38-37-20-9-12-24-44(37)59(47(38)31-34)35-17-5-2-6-18-35/h1-32H. The topological polar surface area (TPSA) is 48.8 Å². The van der Waals surface area contributed by atoms with E-state index in [4.69, 9.17) is 14.4 Å². The summed E-state index contributed by atoms with van der Waals surface area (Å²) >= 11 is 1.76. The third-order valence-corrected chi connectivity index (χ3v) is 13.9. The van der Waals surface area contributed by atoms with Gasteiger partial charge in [-0.25, -0.2) is 9.97 Å². The van der Waals surface area contributed by atoms with Gasteiger partial charge >= 0.3 is 0 Å². The summed E-state index contributed by atoms with van der Waals surface area (Å²) in [6.45, 7) is 0. The fourth-order valence-electron chi connectivity index (χ4n) is 10.1. The molecule has 0 aliphatic carbocycles. The molecule has 0 aliphatic rings. The van der Waals surface area contributed by atoms with E-state index in [1.807, 2.05) is 0 Å². The van der Waals surface area contributed by atoms with Crippen LogP contribution in [0.4, 0.5) is 0 Å². The van der Waals surface area contributed by atoms with Crippen LogP contribution in [-0.4, -0.2) is 19.1 Å². The zero-order valence-corrected chi connectivity index (χ0v) is 33.9. The molecule has 0 saturated heterocycles. The van der Waals surface area contributed by atoms with Gasteiger partial charge in [0.2, 0.25) is 5.95 Å². The highest BCUT2D eigenvalue weighted by atomic mass is 32.1. The van der Waals surface area contributed by atoms with Gasteiger partial charge in [-0.3, -0.25) is 4.57 Å². The van der Waals surface area contributed by atoms with Crippen molar-refractivity contribution in [2.75, 3.05) is 0 Å². The normalized spacial score (nSPS) is 12.2. The van der Waals surface area contributed by atoms with Crippen molar-refractivity contribution >= 4 is 108 Å². The molecule has 0 bridgehead atoms. The largest absolute Gasteiger partial charge is 0.455 e. The van der Waals surface area contributed by atoms with Crippen LogP contribution in [0.3, 0.4) is 0 Å². The second-order valence-corrected chi connectivity index (χ2v) is 17.1. The molecule has 14 aromatic rings. The van der Waals surface area contributed by atoms with E-state index in [2.05, 4.69) is 203 Å². The molecule has 5 nitrogen and oxygen atoms in total. The monoisotopic (exact) mass is 808 g/mol. The summed E-state index contributed by atoms with van der Waals surface area (Å²) in [6, 6.07) is 69.2. The highest BCUT2D eigenvalue weighted by molar-refractivity contribution is 7.26. The van der Waals surface area contributed by atoms with E-state index in [-0.39, 0.29) is 0 Å². The summed E-state index contributed by atoms with van der Waals surface area (Å²) < 4.78 is 13.9. The number of benzene rings is 9. The Hall–Kier alpha value is -8.06. The lowest BCUT2D eigenvalue weighted by Crippen LogP contribution is -2.02. The van der Waals surface area contributed by atoms with Gasteiger partial charge in [-0.15, -0.1) is 11.3 Å². The van der Waals surface area contributed by atoms with Crippen molar-refractivity contribution in [3.8, 4) is 34.0 Å². The Morgan fingerprint density at radius 2 is 1.06 bits per heavy atom. The molecule has 0 amide bonds. The second-order valence-electron chi connectivity index (χ2n) is 16.1. The van der Waals surface area contributed by atoms with Crippen molar-refractivity contribution in [3.63, 3.8) is 0 Å². The fourth-order valence-corrected chi connectivity index (χ4v) is 11.2. The van der Waals surface area contributed by atoms with Crippen molar-refractivity contribution in [2.45, 2.75) is 0 Å². The predicted octanol–water partition coefficient (Wildman–Crippen LogP) is 15.4. The Bertz CT molecular complexity index is 4160. The van der Waals surface area contributed by atoms with E-state index in [0.29, 0.717) is 5.95 Å². The average Bonchev–Trinajstić information content (AvgIpc) is 4.09. The molecule has 62 heavy (non-hydrogen) atoms. The molecule has 0 aliphatic heterocycles. The number of para-hydroxylation sites is 3. The van der Waals surface area contributed by atoms with Gasteiger partial charge in [0.25, 0.3) is 0 Å². The number of hydrogen-bond donors (Lipinski definition) is 0. The third kappa shape index (κ3) is 4.67. The Morgan fingerprint density at radius 3 is 1.89 bits per heavy atom. The van der Waals surface area contributed by atoms with Crippen molar-refractivity contribution < 1.29 is 4.42 Å². The van der Waals surface area contributed by atoms with E-state index in [0.717, 1.165) is 92.9 Å². The minimum absolute atomic E-state index is 0.623. The maximum absolute atomic E-state index is 7.06. The maximum atomic E-state index is 7.06. The van der Waals surface area contributed by atoms with Gasteiger partial charge in [-0.05, 0) is 76.5 Å². The van der Waals surface area contributed by atoms with E-state index in [1.165, 1.54) is 31.8 Å². The first-order valence-electron chi connectivity index (χ1n) is 20.9. The van der Waals surface area contributed by atoms with Crippen LogP contribution < -0.4 is 0 Å². The first-order valence-corrected chi connectivity index (χ1v) is 21.7. The van der Waals surface area contributed by atoms with Gasteiger partial charge in [-0.1, -0.05) is 140 Å². The minimum Gasteiger partial charge on any atom is -0.455 e. The maximum Gasteiger partial charge on any atom is 0.235 e. The molecule has 0 spiro atoms. The van der Waals surface area contributed by atoms with Gasteiger partial charge in [0.1, 0.15) is 11.2 Å². The molecule has 9 aromatic carbocycles. The second kappa shape index (κ2) is 12.7. The van der Waals surface area contributed by atoms with Gasteiger partial charge in [0, 0.05) is 48.3 Å². The van der Waals surface area contributed by atoms with Gasteiger partial charge in [0.15, 0.2) is 0 Å². The summed E-state index contributed by atoms with van der Waals surface area (Å²) in [7, 11) is 0. The van der Waals surface area contributed by atoms with Crippen LogP contribution in [0.15, 0.2) is 199 Å². The number of thiophene rings is 1. The molecule has 288 valence electrons. The fraction of sp³-hybridized carbons (Fsp3) is 0.